The molecule has 1 aliphatic carbocycles. The first-order valence-electron chi connectivity index (χ1n) is 11.8. The van der Waals surface area contributed by atoms with Gasteiger partial charge in [-0.15, -0.1) is 0 Å². The van der Waals surface area contributed by atoms with Crippen LogP contribution in [0.3, 0.4) is 0 Å². The van der Waals surface area contributed by atoms with Crippen LogP contribution >= 0.6 is 15.9 Å². The number of carbonyl (C=O) groups excluding carboxylic acids is 2. The molecule has 1 unspecified atom stereocenters. The minimum Gasteiger partial charge on any atom is -0.352 e. The van der Waals surface area contributed by atoms with E-state index in [0.29, 0.717) is 19.4 Å². The first-order chi connectivity index (χ1) is 16.0. The van der Waals surface area contributed by atoms with E-state index in [4.69, 9.17) is 0 Å². The molecular weight excluding hydrogens is 476 g/mol. The van der Waals surface area contributed by atoms with Crippen LogP contribution in [-0.4, -0.2) is 28.8 Å². The minimum absolute atomic E-state index is 0.00279. The zero-order valence-corrected chi connectivity index (χ0v) is 20.7. The number of hydrogen-bond donors (Lipinski definition) is 1. The highest BCUT2D eigenvalue weighted by Crippen LogP contribution is 2.22. The molecule has 0 bridgehead atoms. The number of benzene rings is 3. The molecule has 0 spiro atoms. The topological polar surface area (TPSA) is 49.4 Å². The summed E-state index contributed by atoms with van der Waals surface area (Å²) in [6, 6.07) is 22.1. The van der Waals surface area contributed by atoms with E-state index in [1.165, 1.54) is 10.8 Å². The average molecular weight is 507 g/mol. The van der Waals surface area contributed by atoms with E-state index in [1.54, 1.807) is 4.90 Å². The number of amides is 2. The predicted octanol–water partition coefficient (Wildman–Crippen LogP) is 6.01. The SMILES string of the molecule is CC(C(=O)NC1CCCC1)N(Cc1cccc(Br)c1)C(=O)CCc1cccc2ccccc12. The summed E-state index contributed by atoms with van der Waals surface area (Å²) in [5.41, 5.74) is 2.16. The Morgan fingerprint density at radius 2 is 1.76 bits per heavy atom. The van der Waals surface area contributed by atoms with Gasteiger partial charge < -0.3 is 10.2 Å². The third kappa shape index (κ3) is 6.02. The minimum atomic E-state index is -0.524. The van der Waals surface area contributed by atoms with Crippen molar-refractivity contribution >= 4 is 38.5 Å². The Morgan fingerprint density at radius 3 is 2.55 bits per heavy atom. The summed E-state index contributed by atoms with van der Waals surface area (Å²) >= 11 is 3.52. The lowest BCUT2D eigenvalue weighted by molar-refractivity contribution is -0.140. The molecule has 3 aromatic rings. The number of rotatable bonds is 8. The smallest absolute Gasteiger partial charge is 0.242 e. The standard InChI is InChI=1S/C28H31BrN2O2/c1-20(28(33)30-25-13-3-4-14-25)31(19-21-8-6-12-24(29)18-21)27(32)17-16-23-11-7-10-22-9-2-5-15-26(22)23/h2,5-12,15,18,20,25H,3-4,13-14,16-17,19H2,1H3,(H,30,33). The first kappa shape index (κ1) is 23.5. The Kier molecular flexibility index (Phi) is 7.81. The normalized spacial score (nSPS) is 14.8. The monoisotopic (exact) mass is 506 g/mol. The summed E-state index contributed by atoms with van der Waals surface area (Å²) in [4.78, 5) is 28.2. The highest BCUT2D eigenvalue weighted by atomic mass is 79.9. The molecule has 0 aliphatic heterocycles. The average Bonchev–Trinajstić information content (AvgIpc) is 3.33. The summed E-state index contributed by atoms with van der Waals surface area (Å²) in [7, 11) is 0. The van der Waals surface area contributed by atoms with E-state index in [9.17, 15) is 9.59 Å². The Bertz CT molecular complexity index is 1120. The van der Waals surface area contributed by atoms with Crippen LogP contribution in [0.2, 0.25) is 0 Å². The fourth-order valence-corrected chi connectivity index (χ4v) is 5.15. The zero-order valence-electron chi connectivity index (χ0n) is 19.1. The number of carbonyl (C=O) groups is 2. The number of hydrogen-bond acceptors (Lipinski definition) is 2. The molecule has 0 radical (unpaired) electrons. The summed E-state index contributed by atoms with van der Waals surface area (Å²) in [5, 5.41) is 5.52. The van der Waals surface area contributed by atoms with E-state index < -0.39 is 6.04 Å². The molecule has 5 heteroatoms. The maximum atomic E-state index is 13.5. The molecule has 4 rings (SSSR count). The molecule has 0 saturated heterocycles. The van der Waals surface area contributed by atoms with Crippen molar-refractivity contribution in [2.45, 2.75) is 64.1 Å². The van der Waals surface area contributed by atoms with Crippen LogP contribution in [0.5, 0.6) is 0 Å². The second-order valence-electron chi connectivity index (χ2n) is 8.96. The molecule has 1 aliphatic rings. The van der Waals surface area contributed by atoms with E-state index in [1.807, 2.05) is 49.4 Å². The second kappa shape index (κ2) is 11.0. The van der Waals surface area contributed by atoms with Crippen molar-refractivity contribution in [2.75, 3.05) is 0 Å². The van der Waals surface area contributed by atoms with Gasteiger partial charge in [-0.05, 0) is 60.2 Å². The maximum Gasteiger partial charge on any atom is 0.242 e. The molecule has 3 aromatic carbocycles. The lowest BCUT2D eigenvalue weighted by Gasteiger charge is -2.30. The van der Waals surface area contributed by atoms with E-state index in [0.717, 1.165) is 41.3 Å². The summed E-state index contributed by atoms with van der Waals surface area (Å²) in [6.45, 7) is 2.26. The van der Waals surface area contributed by atoms with Gasteiger partial charge in [0.25, 0.3) is 0 Å². The van der Waals surface area contributed by atoms with Gasteiger partial charge in [-0.1, -0.05) is 83.4 Å². The van der Waals surface area contributed by atoms with Crippen molar-refractivity contribution in [2.24, 2.45) is 0 Å². The Balaban J connectivity index is 1.50. The van der Waals surface area contributed by atoms with Crippen LogP contribution < -0.4 is 5.32 Å². The molecule has 1 N–H and O–H groups in total. The summed E-state index contributed by atoms with van der Waals surface area (Å²) in [6.07, 6.45) is 5.38. The number of fused-ring (bicyclic) bond motifs is 1. The van der Waals surface area contributed by atoms with E-state index >= 15 is 0 Å². The van der Waals surface area contributed by atoms with Crippen LogP contribution in [0.1, 0.15) is 50.2 Å². The van der Waals surface area contributed by atoms with Gasteiger partial charge in [-0.2, -0.15) is 0 Å². The van der Waals surface area contributed by atoms with Crippen molar-refractivity contribution in [1.29, 1.82) is 0 Å². The molecular formula is C28H31BrN2O2. The number of nitrogens with one attached hydrogen (secondary N) is 1. The molecule has 172 valence electrons. The highest BCUT2D eigenvalue weighted by molar-refractivity contribution is 9.10. The maximum absolute atomic E-state index is 13.5. The van der Waals surface area contributed by atoms with Crippen LogP contribution in [0, 0.1) is 0 Å². The van der Waals surface area contributed by atoms with Crippen LogP contribution in [-0.2, 0) is 22.6 Å². The number of nitrogens with zero attached hydrogens (tertiary/aromatic N) is 1. The second-order valence-corrected chi connectivity index (χ2v) is 9.87. The summed E-state index contributed by atoms with van der Waals surface area (Å²) in [5.74, 6) is -0.0626. The zero-order chi connectivity index (χ0) is 23.2. The molecule has 33 heavy (non-hydrogen) atoms. The van der Waals surface area contributed by atoms with Gasteiger partial charge in [-0.25, -0.2) is 0 Å². The highest BCUT2D eigenvalue weighted by Gasteiger charge is 2.28. The first-order valence-corrected chi connectivity index (χ1v) is 12.6. The van der Waals surface area contributed by atoms with Gasteiger partial charge in [0.15, 0.2) is 0 Å². The Morgan fingerprint density at radius 1 is 1.03 bits per heavy atom. The third-order valence-electron chi connectivity index (χ3n) is 6.60. The number of aryl methyl sites for hydroxylation is 1. The van der Waals surface area contributed by atoms with Crippen molar-refractivity contribution in [3.8, 4) is 0 Å². The summed E-state index contributed by atoms with van der Waals surface area (Å²) < 4.78 is 0.964. The molecule has 2 amide bonds. The molecule has 1 atom stereocenters. The molecule has 0 heterocycles. The Hall–Kier alpha value is -2.66. The van der Waals surface area contributed by atoms with Crippen LogP contribution in [0.25, 0.3) is 10.8 Å². The fraction of sp³-hybridized carbons (Fsp3) is 0.357. The van der Waals surface area contributed by atoms with Crippen molar-refractivity contribution < 1.29 is 9.59 Å². The lowest BCUT2D eigenvalue weighted by Crippen LogP contribution is -2.49. The number of halogens is 1. The molecule has 4 nitrogen and oxygen atoms in total. The lowest BCUT2D eigenvalue weighted by atomic mass is 10.0. The largest absolute Gasteiger partial charge is 0.352 e. The van der Waals surface area contributed by atoms with Crippen molar-refractivity contribution in [3.05, 3.63) is 82.3 Å². The Labute approximate surface area is 204 Å². The van der Waals surface area contributed by atoms with E-state index in [2.05, 4.69) is 45.5 Å². The van der Waals surface area contributed by atoms with Gasteiger partial charge in [0, 0.05) is 23.5 Å². The fourth-order valence-electron chi connectivity index (χ4n) is 4.70. The van der Waals surface area contributed by atoms with Gasteiger partial charge in [0.2, 0.25) is 11.8 Å². The van der Waals surface area contributed by atoms with Gasteiger partial charge in [-0.3, -0.25) is 9.59 Å². The molecule has 0 aromatic heterocycles. The quantitative estimate of drug-likeness (QED) is 0.406. The van der Waals surface area contributed by atoms with Crippen molar-refractivity contribution in [3.63, 3.8) is 0 Å². The predicted molar refractivity (Wildman–Crippen MR) is 137 cm³/mol. The van der Waals surface area contributed by atoms with Gasteiger partial charge >= 0.3 is 0 Å². The van der Waals surface area contributed by atoms with Crippen molar-refractivity contribution in [1.82, 2.24) is 10.2 Å². The molecule has 1 fully saturated rings. The van der Waals surface area contributed by atoms with E-state index in [-0.39, 0.29) is 17.9 Å². The third-order valence-corrected chi connectivity index (χ3v) is 7.09. The van der Waals surface area contributed by atoms with Crippen LogP contribution in [0.4, 0.5) is 0 Å². The molecule has 1 saturated carbocycles. The van der Waals surface area contributed by atoms with Crippen LogP contribution in [0.15, 0.2) is 71.2 Å². The van der Waals surface area contributed by atoms with Gasteiger partial charge in [0.1, 0.15) is 6.04 Å². The van der Waals surface area contributed by atoms with Gasteiger partial charge in [0.05, 0.1) is 0 Å².